The molecule has 5 nitrogen and oxygen atoms in total. The number of thiocarbonyl (C=S) groups is 1. The van der Waals surface area contributed by atoms with Gasteiger partial charge in [0.2, 0.25) is 0 Å². The lowest BCUT2D eigenvalue weighted by atomic mass is 10.2. The number of esters is 1. The van der Waals surface area contributed by atoms with Gasteiger partial charge >= 0.3 is 5.97 Å². The molecule has 0 aromatic heterocycles. The smallest absolute Gasteiger partial charge is 0.308 e. The number of hydrogen-bond donors (Lipinski definition) is 1. The average molecular weight is 402 g/mol. The fourth-order valence-corrected chi connectivity index (χ4v) is 3.33. The predicted molar refractivity (Wildman–Crippen MR) is 92.9 cm³/mol. The van der Waals surface area contributed by atoms with Crippen LogP contribution in [0.1, 0.15) is 19.4 Å². The molecule has 1 N–H and O–H groups in total. The second-order valence-electron chi connectivity index (χ2n) is 4.21. The summed E-state index contributed by atoms with van der Waals surface area (Å²) in [6, 6.07) is 3.44. The van der Waals surface area contributed by atoms with Gasteiger partial charge in [0.25, 0.3) is 5.91 Å². The van der Waals surface area contributed by atoms with Crippen molar-refractivity contribution in [3.8, 4) is 11.5 Å². The third kappa shape index (κ3) is 4.08. The molecule has 0 radical (unpaired) electrons. The molecule has 1 aliphatic heterocycles. The van der Waals surface area contributed by atoms with Gasteiger partial charge in [-0.1, -0.05) is 24.0 Å². The molecule has 1 aliphatic rings. The van der Waals surface area contributed by atoms with Gasteiger partial charge < -0.3 is 14.8 Å². The summed E-state index contributed by atoms with van der Waals surface area (Å²) in [6.07, 6.45) is 1.70. The van der Waals surface area contributed by atoms with Crippen LogP contribution in [0.3, 0.4) is 0 Å². The first kappa shape index (κ1) is 17.0. The lowest BCUT2D eigenvalue weighted by molar-refractivity contribution is -0.132. The first-order valence-electron chi connectivity index (χ1n) is 6.30. The van der Waals surface area contributed by atoms with Crippen molar-refractivity contribution in [2.75, 3.05) is 6.61 Å². The molecule has 1 saturated heterocycles. The van der Waals surface area contributed by atoms with Gasteiger partial charge in [-0.05, 0) is 46.6 Å². The summed E-state index contributed by atoms with van der Waals surface area (Å²) in [7, 11) is 0. The zero-order chi connectivity index (χ0) is 16.3. The maximum absolute atomic E-state index is 11.7. The number of carbonyl (C=O) groups is 2. The Morgan fingerprint density at radius 3 is 2.77 bits per heavy atom. The van der Waals surface area contributed by atoms with Crippen molar-refractivity contribution in [2.24, 2.45) is 0 Å². The predicted octanol–water partition coefficient (Wildman–Crippen LogP) is 3.26. The number of nitrogens with one attached hydrogen (secondary N) is 1. The standard InChI is InChI=1S/C14H12BrNO4S2/c1-3-19-10-5-8(4-9(15)12(10)20-7(2)17)6-11-13(18)16-14(21)22-11/h4-6H,3H2,1-2H3,(H,16,18,21). The van der Waals surface area contributed by atoms with E-state index in [1.165, 1.54) is 18.7 Å². The zero-order valence-corrected chi connectivity index (χ0v) is 15.0. The molecule has 1 aromatic rings. The number of rotatable bonds is 4. The molecule has 8 heteroatoms. The highest BCUT2D eigenvalue weighted by Gasteiger charge is 2.22. The minimum Gasteiger partial charge on any atom is -0.490 e. The third-order valence-electron chi connectivity index (χ3n) is 2.52. The van der Waals surface area contributed by atoms with E-state index in [0.29, 0.717) is 31.8 Å². The number of thioether (sulfide) groups is 1. The fourth-order valence-electron chi connectivity index (χ4n) is 1.75. The van der Waals surface area contributed by atoms with Gasteiger partial charge in [0, 0.05) is 6.92 Å². The van der Waals surface area contributed by atoms with Crippen LogP contribution >= 0.6 is 39.9 Å². The van der Waals surface area contributed by atoms with E-state index in [0.717, 1.165) is 5.56 Å². The maximum Gasteiger partial charge on any atom is 0.308 e. The molecule has 0 saturated carbocycles. The van der Waals surface area contributed by atoms with Crippen molar-refractivity contribution in [2.45, 2.75) is 13.8 Å². The van der Waals surface area contributed by atoms with Crippen LogP contribution in [0.25, 0.3) is 6.08 Å². The molecule has 1 fully saturated rings. The average Bonchev–Trinajstić information content (AvgIpc) is 2.72. The molecule has 22 heavy (non-hydrogen) atoms. The first-order chi connectivity index (χ1) is 10.4. The summed E-state index contributed by atoms with van der Waals surface area (Å²) in [5, 5.41) is 2.55. The highest BCUT2D eigenvalue weighted by Crippen LogP contribution is 2.38. The van der Waals surface area contributed by atoms with Gasteiger partial charge in [-0.3, -0.25) is 9.59 Å². The number of carbonyl (C=O) groups excluding carboxylic acids is 2. The van der Waals surface area contributed by atoms with Crippen LogP contribution in [0.4, 0.5) is 0 Å². The highest BCUT2D eigenvalue weighted by atomic mass is 79.9. The van der Waals surface area contributed by atoms with Crippen LogP contribution in [-0.4, -0.2) is 22.8 Å². The number of ether oxygens (including phenoxy) is 2. The van der Waals surface area contributed by atoms with Crippen LogP contribution in [0.5, 0.6) is 11.5 Å². The van der Waals surface area contributed by atoms with E-state index < -0.39 is 5.97 Å². The van der Waals surface area contributed by atoms with Gasteiger partial charge in [0.15, 0.2) is 11.5 Å². The van der Waals surface area contributed by atoms with E-state index >= 15 is 0 Å². The number of hydrogen-bond acceptors (Lipinski definition) is 6. The molecular weight excluding hydrogens is 390 g/mol. The number of halogens is 1. The van der Waals surface area contributed by atoms with Crippen molar-refractivity contribution < 1.29 is 19.1 Å². The Hall–Kier alpha value is -1.38. The Kier molecular flexibility index (Phi) is 5.60. The van der Waals surface area contributed by atoms with E-state index in [1.807, 2.05) is 6.92 Å². The van der Waals surface area contributed by atoms with E-state index in [4.69, 9.17) is 21.7 Å². The van der Waals surface area contributed by atoms with Crippen LogP contribution in [0, 0.1) is 0 Å². The first-order valence-corrected chi connectivity index (χ1v) is 8.32. The van der Waals surface area contributed by atoms with E-state index in [9.17, 15) is 9.59 Å². The molecule has 0 unspecified atom stereocenters. The Labute approximate surface area is 145 Å². The van der Waals surface area contributed by atoms with E-state index in [1.54, 1.807) is 18.2 Å². The van der Waals surface area contributed by atoms with Gasteiger partial charge in [-0.25, -0.2) is 0 Å². The summed E-state index contributed by atoms with van der Waals surface area (Å²) < 4.78 is 11.6. The molecule has 1 heterocycles. The summed E-state index contributed by atoms with van der Waals surface area (Å²) in [6.45, 7) is 3.56. The Morgan fingerprint density at radius 1 is 1.50 bits per heavy atom. The summed E-state index contributed by atoms with van der Waals surface area (Å²) in [5.41, 5.74) is 0.730. The van der Waals surface area contributed by atoms with E-state index in [2.05, 4.69) is 21.2 Å². The second-order valence-corrected chi connectivity index (χ2v) is 6.78. The quantitative estimate of drug-likeness (QED) is 0.361. The molecule has 0 atom stereocenters. The normalized spacial score (nSPS) is 15.9. The van der Waals surface area contributed by atoms with Gasteiger partial charge in [-0.2, -0.15) is 0 Å². The zero-order valence-electron chi connectivity index (χ0n) is 11.8. The summed E-state index contributed by atoms with van der Waals surface area (Å²) in [4.78, 5) is 23.4. The molecule has 0 spiro atoms. The van der Waals surface area contributed by atoms with Crippen LogP contribution in [-0.2, 0) is 9.59 Å². The second kappa shape index (κ2) is 7.26. The monoisotopic (exact) mass is 401 g/mol. The molecule has 1 aromatic carbocycles. The van der Waals surface area contributed by atoms with Crippen molar-refractivity contribution in [3.63, 3.8) is 0 Å². The maximum atomic E-state index is 11.7. The molecule has 0 bridgehead atoms. The Morgan fingerprint density at radius 2 is 2.23 bits per heavy atom. The molecule has 116 valence electrons. The van der Waals surface area contributed by atoms with Crippen molar-refractivity contribution in [1.29, 1.82) is 0 Å². The van der Waals surface area contributed by atoms with Crippen molar-refractivity contribution in [3.05, 3.63) is 27.1 Å². The SMILES string of the molecule is CCOc1cc(C=C2SC(=S)NC2=O)cc(Br)c1OC(C)=O. The van der Waals surface area contributed by atoms with Crippen molar-refractivity contribution >= 4 is 62.2 Å². The summed E-state index contributed by atoms with van der Waals surface area (Å²) in [5.74, 6) is 0.0671. The Balaban J connectivity index is 2.42. The number of benzene rings is 1. The van der Waals surface area contributed by atoms with Gasteiger partial charge in [0.1, 0.15) is 4.32 Å². The molecule has 1 amide bonds. The van der Waals surface area contributed by atoms with Crippen LogP contribution < -0.4 is 14.8 Å². The third-order valence-corrected chi connectivity index (χ3v) is 4.27. The lowest BCUT2D eigenvalue weighted by Gasteiger charge is -2.12. The van der Waals surface area contributed by atoms with Crippen LogP contribution in [0.2, 0.25) is 0 Å². The lowest BCUT2D eigenvalue weighted by Crippen LogP contribution is -2.17. The Bertz CT molecular complexity index is 688. The molecular formula is C14H12BrNO4S2. The van der Waals surface area contributed by atoms with Crippen molar-refractivity contribution in [1.82, 2.24) is 5.32 Å². The largest absolute Gasteiger partial charge is 0.490 e. The fraction of sp³-hybridized carbons (Fsp3) is 0.214. The highest BCUT2D eigenvalue weighted by molar-refractivity contribution is 9.10. The molecule has 2 rings (SSSR count). The number of amides is 1. The topological polar surface area (TPSA) is 64.6 Å². The van der Waals surface area contributed by atoms with Gasteiger partial charge in [0.05, 0.1) is 16.0 Å². The molecule has 0 aliphatic carbocycles. The van der Waals surface area contributed by atoms with E-state index in [-0.39, 0.29) is 5.91 Å². The van der Waals surface area contributed by atoms with Crippen LogP contribution in [0.15, 0.2) is 21.5 Å². The summed E-state index contributed by atoms with van der Waals surface area (Å²) >= 11 is 9.50. The minimum absolute atomic E-state index is 0.229. The minimum atomic E-state index is -0.441. The van der Waals surface area contributed by atoms with Gasteiger partial charge in [-0.15, -0.1) is 0 Å².